The van der Waals surface area contributed by atoms with Crippen molar-refractivity contribution in [3.8, 4) is 5.75 Å². The average molecular weight is 256 g/mol. The Labute approximate surface area is 107 Å². The first-order valence-corrected chi connectivity index (χ1v) is 6.27. The third-order valence-corrected chi connectivity index (χ3v) is 3.09. The van der Waals surface area contributed by atoms with Crippen molar-refractivity contribution < 1.29 is 9.47 Å². The fourth-order valence-corrected chi connectivity index (χ4v) is 2.03. The molecule has 1 fully saturated rings. The third kappa shape index (κ3) is 3.60. The molecule has 0 radical (unpaired) electrons. The Hall–Kier alpha value is -0.770. The number of rotatable bonds is 3. The number of hydrogen-bond acceptors (Lipinski definition) is 3. The molecule has 0 spiro atoms. The van der Waals surface area contributed by atoms with Gasteiger partial charge < -0.3 is 14.8 Å². The van der Waals surface area contributed by atoms with Crippen LogP contribution in [0.3, 0.4) is 0 Å². The summed E-state index contributed by atoms with van der Waals surface area (Å²) in [6, 6.07) is 5.92. The van der Waals surface area contributed by atoms with Gasteiger partial charge in [0, 0.05) is 11.6 Å². The Morgan fingerprint density at radius 3 is 3.00 bits per heavy atom. The standard InChI is InChI=1S/C13H18ClNO2/c1-9-5-11(14)3-4-13(9)17-8-12-7-16-10(2)6-15-12/h3-5,10,12,15H,6-8H2,1-2H3. The molecule has 17 heavy (non-hydrogen) atoms. The van der Waals surface area contributed by atoms with E-state index in [1.165, 1.54) is 0 Å². The van der Waals surface area contributed by atoms with E-state index in [-0.39, 0.29) is 6.04 Å². The van der Waals surface area contributed by atoms with Gasteiger partial charge in [-0.1, -0.05) is 11.6 Å². The second kappa shape index (κ2) is 5.71. The normalized spacial score (nSPS) is 24.6. The van der Waals surface area contributed by atoms with Crippen LogP contribution < -0.4 is 10.1 Å². The monoisotopic (exact) mass is 255 g/mol. The van der Waals surface area contributed by atoms with Gasteiger partial charge in [0.15, 0.2) is 0 Å². The van der Waals surface area contributed by atoms with Crippen molar-refractivity contribution in [1.82, 2.24) is 5.32 Å². The summed E-state index contributed by atoms with van der Waals surface area (Å²) >= 11 is 5.89. The van der Waals surface area contributed by atoms with Gasteiger partial charge in [-0.15, -0.1) is 0 Å². The van der Waals surface area contributed by atoms with Crippen LogP contribution in [-0.4, -0.2) is 31.9 Å². The molecule has 0 bridgehead atoms. The summed E-state index contributed by atoms with van der Waals surface area (Å²) in [5.41, 5.74) is 1.06. The summed E-state index contributed by atoms with van der Waals surface area (Å²) in [6.07, 6.45) is 0.295. The Kier molecular flexibility index (Phi) is 4.26. The summed E-state index contributed by atoms with van der Waals surface area (Å²) in [5, 5.41) is 4.13. The molecule has 2 unspecified atom stereocenters. The Balaban J connectivity index is 1.85. The molecule has 0 aromatic heterocycles. The molecule has 2 rings (SSSR count). The largest absolute Gasteiger partial charge is 0.492 e. The summed E-state index contributed by atoms with van der Waals surface area (Å²) < 4.78 is 11.3. The zero-order valence-corrected chi connectivity index (χ0v) is 11.0. The summed E-state index contributed by atoms with van der Waals surface area (Å²) in [6.45, 7) is 6.26. The lowest BCUT2D eigenvalue weighted by Crippen LogP contribution is -2.48. The molecule has 3 nitrogen and oxygen atoms in total. The Morgan fingerprint density at radius 2 is 2.35 bits per heavy atom. The van der Waals surface area contributed by atoms with Crippen molar-refractivity contribution in [2.45, 2.75) is 26.0 Å². The molecule has 94 valence electrons. The van der Waals surface area contributed by atoms with Gasteiger partial charge in [-0.05, 0) is 37.6 Å². The first-order chi connectivity index (χ1) is 8.15. The molecule has 2 atom stereocenters. The van der Waals surface area contributed by atoms with Crippen LogP contribution in [0, 0.1) is 6.92 Å². The zero-order chi connectivity index (χ0) is 12.3. The fraction of sp³-hybridized carbons (Fsp3) is 0.538. The van der Waals surface area contributed by atoms with Gasteiger partial charge in [-0.2, -0.15) is 0 Å². The number of morpholine rings is 1. The highest BCUT2D eigenvalue weighted by molar-refractivity contribution is 6.30. The van der Waals surface area contributed by atoms with E-state index in [0.717, 1.165) is 22.9 Å². The van der Waals surface area contributed by atoms with Crippen molar-refractivity contribution in [3.63, 3.8) is 0 Å². The number of nitrogens with one attached hydrogen (secondary N) is 1. The van der Waals surface area contributed by atoms with Crippen LogP contribution in [0.2, 0.25) is 5.02 Å². The quantitative estimate of drug-likeness (QED) is 0.900. The highest BCUT2D eigenvalue weighted by Crippen LogP contribution is 2.22. The van der Waals surface area contributed by atoms with Crippen LogP contribution in [0.25, 0.3) is 0 Å². The van der Waals surface area contributed by atoms with Gasteiger partial charge in [0.25, 0.3) is 0 Å². The SMILES string of the molecule is Cc1cc(Cl)ccc1OCC1COC(C)CN1. The predicted octanol–water partition coefficient (Wildman–Crippen LogP) is 2.40. The lowest BCUT2D eigenvalue weighted by Gasteiger charge is -2.28. The maximum Gasteiger partial charge on any atom is 0.122 e. The van der Waals surface area contributed by atoms with Gasteiger partial charge in [0.05, 0.1) is 18.8 Å². The molecular weight excluding hydrogens is 238 g/mol. The molecule has 1 N–H and O–H groups in total. The molecule has 1 aliphatic rings. The number of aryl methyl sites for hydroxylation is 1. The van der Waals surface area contributed by atoms with Crippen LogP contribution in [0.4, 0.5) is 0 Å². The molecule has 1 heterocycles. The lowest BCUT2D eigenvalue weighted by molar-refractivity contribution is 0.00450. The van der Waals surface area contributed by atoms with Gasteiger partial charge in [0.2, 0.25) is 0 Å². The summed E-state index contributed by atoms with van der Waals surface area (Å²) in [5.74, 6) is 0.884. The predicted molar refractivity (Wildman–Crippen MR) is 68.9 cm³/mol. The number of benzene rings is 1. The number of hydrogen-bond donors (Lipinski definition) is 1. The highest BCUT2D eigenvalue weighted by Gasteiger charge is 2.18. The molecule has 1 aliphatic heterocycles. The molecule has 4 heteroatoms. The van der Waals surface area contributed by atoms with Crippen molar-refractivity contribution in [3.05, 3.63) is 28.8 Å². The topological polar surface area (TPSA) is 30.5 Å². The second-order valence-electron chi connectivity index (χ2n) is 4.47. The van der Waals surface area contributed by atoms with Crippen LogP contribution in [0.5, 0.6) is 5.75 Å². The van der Waals surface area contributed by atoms with E-state index >= 15 is 0 Å². The number of ether oxygens (including phenoxy) is 2. The van der Waals surface area contributed by atoms with E-state index in [4.69, 9.17) is 21.1 Å². The summed E-state index contributed by atoms with van der Waals surface area (Å²) in [7, 11) is 0. The Morgan fingerprint density at radius 1 is 1.53 bits per heavy atom. The van der Waals surface area contributed by atoms with Crippen molar-refractivity contribution in [2.75, 3.05) is 19.8 Å². The zero-order valence-electron chi connectivity index (χ0n) is 10.2. The molecule has 1 aromatic rings. The van der Waals surface area contributed by atoms with E-state index in [1.54, 1.807) is 0 Å². The van der Waals surface area contributed by atoms with Crippen molar-refractivity contribution >= 4 is 11.6 Å². The molecule has 0 amide bonds. The molecule has 1 saturated heterocycles. The molecule has 1 aromatic carbocycles. The lowest BCUT2D eigenvalue weighted by atomic mass is 10.2. The van der Waals surface area contributed by atoms with Crippen molar-refractivity contribution in [2.24, 2.45) is 0 Å². The molecule has 0 saturated carbocycles. The fourth-order valence-electron chi connectivity index (χ4n) is 1.80. The minimum Gasteiger partial charge on any atom is -0.492 e. The van der Waals surface area contributed by atoms with E-state index in [2.05, 4.69) is 12.2 Å². The van der Waals surface area contributed by atoms with Crippen LogP contribution >= 0.6 is 11.6 Å². The first-order valence-electron chi connectivity index (χ1n) is 5.89. The highest BCUT2D eigenvalue weighted by atomic mass is 35.5. The van der Waals surface area contributed by atoms with E-state index < -0.39 is 0 Å². The molecular formula is C13H18ClNO2. The van der Waals surface area contributed by atoms with Crippen LogP contribution in [-0.2, 0) is 4.74 Å². The number of halogens is 1. The minimum atomic E-state index is 0.265. The maximum absolute atomic E-state index is 5.89. The van der Waals surface area contributed by atoms with Crippen LogP contribution in [0.1, 0.15) is 12.5 Å². The van der Waals surface area contributed by atoms with E-state index in [1.807, 2.05) is 25.1 Å². The maximum atomic E-state index is 5.89. The van der Waals surface area contributed by atoms with Gasteiger partial charge in [0.1, 0.15) is 12.4 Å². The van der Waals surface area contributed by atoms with Gasteiger partial charge >= 0.3 is 0 Å². The second-order valence-corrected chi connectivity index (χ2v) is 4.91. The summed E-state index contributed by atoms with van der Waals surface area (Å²) in [4.78, 5) is 0. The van der Waals surface area contributed by atoms with E-state index in [9.17, 15) is 0 Å². The Bertz CT molecular complexity index is 376. The van der Waals surface area contributed by atoms with Gasteiger partial charge in [-0.25, -0.2) is 0 Å². The van der Waals surface area contributed by atoms with Crippen molar-refractivity contribution in [1.29, 1.82) is 0 Å². The van der Waals surface area contributed by atoms with Crippen LogP contribution in [0.15, 0.2) is 18.2 Å². The van der Waals surface area contributed by atoms with E-state index in [0.29, 0.717) is 19.3 Å². The molecule has 0 aliphatic carbocycles. The van der Waals surface area contributed by atoms with Gasteiger partial charge in [-0.3, -0.25) is 0 Å². The smallest absolute Gasteiger partial charge is 0.122 e. The third-order valence-electron chi connectivity index (χ3n) is 2.85. The average Bonchev–Trinajstić information content (AvgIpc) is 2.30. The first kappa shape index (κ1) is 12.7. The minimum absolute atomic E-state index is 0.265.